The lowest BCUT2D eigenvalue weighted by Crippen LogP contribution is -2.40. The summed E-state index contributed by atoms with van der Waals surface area (Å²) in [5.74, 6) is -0.418. The minimum absolute atomic E-state index is 0.0268. The van der Waals surface area contributed by atoms with Gasteiger partial charge in [-0.3, -0.25) is 14.5 Å². The average molecular weight is 318 g/mol. The molecule has 124 valence electrons. The molecule has 0 saturated carbocycles. The molecule has 0 bridgehead atoms. The molecule has 0 spiro atoms. The monoisotopic (exact) mass is 318 g/mol. The fourth-order valence-electron chi connectivity index (χ4n) is 2.28. The predicted molar refractivity (Wildman–Crippen MR) is 86.5 cm³/mol. The Labute approximate surface area is 135 Å². The Kier molecular flexibility index (Phi) is 5.33. The van der Waals surface area contributed by atoms with Crippen LogP contribution in [0.5, 0.6) is 0 Å². The van der Waals surface area contributed by atoms with Crippen molar-refractivity contribution in [2.75, 3.05) is 11.9 Å². The summed E-state index contributed by atoms with van der Waals surface area (Å²) in [7, 11) is 0. The standard InChI is InChI=1S/C16H22N4O3/c1-3-10(2)14(17)15(22)19-12-6-4-5-11(7-12)9-20-13(21)8-18-16(20)23/h4-7,10,14H,3,8-9,17H2,1-2H3,(H,18,23)(H,19,22). The summed E-state index contributed by atoms with van der Waals surface area (Å²) >= 11 is 0. The van der Waals surface area contributed by atoms with Crippen molar-refractivity contribution in [3.05, 3.63) is 29.8 Å². The van der Waals surface area contributed by atoms with Gasteiger partial charge in [0.2, 0.25) is 11.8 Å². The third-order valence-corrected chi connectivity index (χ3v) is 4.03. The number of hydrogen-bond donors (Lipinski definition) is 3. The number of benzene rings is 1. The maximum atomic E-state index is 12.1. The van der Waals surface area contributed by atoms with Gasteiger partial charge in [-0.05, 0) is 23.6 Å². The average Bonchev–Trinajstić information content (AvgIpc) is 2.85. The van der Waals surface area contributed by atoms with E-state index in [9.17, 15) is 14.4 Å². The number of anilines is 1. The van der Waals surface area contributed by atoms with Crippen LogP contribution in [0.25, 0.3) is 0 Å². The van der Waals surface area contributed by atoms with Crippen molar-refractivity contribution >= 4 is 23.5 Å². The lowest BCUT2D eigenvalue weighted by atomic mass is 9.99. The molecule has 1 fully saturated rings. The van der Waals surface area contributed by atoms with E-state index in [0.717, 1.165) is 16.9 Å². The lowest BCUT2D eigenvalue weighted by Gasteiger charge is -2.18. The van der Waals surface area contributed by atoms with Crippen LogP contribution < -0.4 is 16.4 Å². The lowest BCUT2D eigenvalue weighted by molar-refractivity contribution is -0.125. The third-order valence-electron chi connectivity index (χ3n) is 4.03. The molecule has 1 aromatic rings. The topological polar surface area (TPSA) is 105 Å². The molecular weight excluding hydrogens is 296 g/mol. The highest BCUT2D eigenvalue weighted by atomic mass is 16.2. The molecule has 1 aliphatic heterocycles. The number of nitrogens with zero attached hydrogens (tertiary/aromatic N) is 1. The van der Waals surface area contributed by atoms with E-state index in [-0.39, 0.29) is 30.8 Å². The van der Waals surface area contributed by atoms with Crippen molar-refractivity contribution in [1.82, 2.24) is 10.2 Å². The number of nitrogens with two attached hydrogens (primary N) is 1. The van der Waals surface area contributed by atoms with E-state index in [1.165, 1.54) is 0 Å². The fraction of sp³-hybridized carbons (Fsp3) is 0.438. The Balaban J connectivity index is 2.04. The molecule has 1 heterocycles. The van der Waals surface area contributed by atoms with Gasteiger partial charge in [-0.1, -0.05) is 32.4 Å². The summed E-state index contributed by atoms with van der Waals surface area (Å²) in [6, 6.07) is 6.07. The summed E-state index contributed by atoms with van der Waals surface area (Å²) < 4.78 is 0. The van der Waals surface area contributed by atoms with E-state index in [1.807, 2.05) is 13.8 Å². The molecule has 1 saturated heterocycles. The maximum Gasteiger partial charge on any atom is 0.324 e. The third kappa shape index (κ3) is 4.07. The highest BCUT2D eigenvalue weighted by Crippen LogP contribution is 2.15. The Morgan fingerprint density at radius 3 is 2.78 bits per heavy atom. The second kappa shape index (κ2) is 7.23. The highest BCUT2D eigenvalue weighted by Gasteiger charge is 2.28. The van der Waals surface area contributed by atoms with Gasteiger partial charge in [-0.15, -0.1) is 0 Å². The van der Waals surface area contributed by atoms with Gasteiger partial charge in [-0.2, -0.15) is 0 Å². The molecule has 7 heteroatoms. The summed E-state index contributed by atoms with van der Waals surface area (Å²) in [4.78, 5) is 36.4. The van der Waals surface area contributed by atoms with Crippen molar-refractivity contribution in [3.63, 3.8) is 0 Å². The molecule has 1 aliphatic rings. The quantitative estimate of drug-likeness (QED) is 0.682. The van der Waals surface area contributed by atoms with Crippen LogP contribution in [0.3, 0.4) is 0 Å². The Morgan fingerprint density at radius 1 is 1.43 bits per heavy atom. The summed E-state index contributed by atoms with van der Waals surface area (Å²) in [5, 5.41) is 5.25. The minimum atomic E-state index is -0.574. The molecule has 7 nitrogen and oxygen atoms in total. The van der Waals surface area contributed by atoms with Gasteiger partial charge in [0.1, 0.15) is 0 Å². The van der Waals surface area contributed by atoms with E-state index in [2.05, 4.69) is 10.6 Å². The van der Waals surface area contributed by atoms with Crippen molar-refractivity contribution in [2.24, 2.45) is 11.7 Å². The Bertz CT molecular complexity index is 601. The number of carbonyl (C=O) groups excluding carboxylic acids is 3. The summed E-state index contributed by atoms with van der Waals surface area (Å²) in [5.41, 5.74) is 7.26. The zero-order valence-electron chi connectivity index (χ0n) is 13.3. The molecule has 4 amide bonds. The zero-order chi connectivity index (χ0) is 17.0. The van der Waals surface area contributed by atoms with Gasteiger partial charge in [0.15, 0.2) is 0 Å². The predicted octanol–water partition coefficient (Wildman–Crippen LogP) is 1.05. The number of amides is 4. The van der Waals surface area contributed by atoms with Gasteiger partial charge >= 0.3 is 6.03 Å². The first-order valence-electron chi connectivity index (χ1n) is 7.66. The molecular formula is C16H22N4O3. The number of imide groups is 1. The zero-order valence-corrected chi connectivity index (χ0v) is 13.3. The van der Waals surface area contributed by atoms with E-state index in [1.54, 1.807) is 24.3 Å². The van der Waals surface area contributed by atoms with Crippen molar-refractivity contribution in [2.45, 2.75) is 32.9 Å². The first kappa shape index (κ1) is 17.0. The minimum Gasteiger partial charge on any atom is -0.329 e. The summed E-state index contributed by atoms with van der Waals surface area (Å²) in [6.45, 7) is 4.11. The van der Waals surface area contributed by atoms with Gasteiger partial charge in [-0.25, -0.2) is 4.79 Å². The second-order valence-corrected chi connectivity index (χ2v) is 5.74. The van der Waals surface area contributed by atoms with E-state index in [4.69, 9.17) is 5.73 Å². The first-order chi connectivity index (χ1) is 10.9. The largest absolute Gasteiger partial charge is 0.329 e. The second-order valence-electron chi connectivity index (χ2n) is 5.74. The fourth-order valence-corrected chi connectivity index (χ4v) is 2.28. The molecule has 4 N–H and O–H groups in total. The number of urea groups is 1. The van der Waals surface area contributed by atoms with Gasteiger partial charge in [0.05, 0.1) is 19.1 Å². The highest BCUT2D eigenvalue weighted by molar-refractivity contribution is 6.01. The van der Waals surface area contributed by atoms with Crippen LogP contribution in [0, 0.1) is 5.92 Å². The van der Waals surface area contributed by atoms with Gasteiger partial charge in [0.25, 0.3) is 0 Å². The molecule has 2 unspecified atom stereocenters. The number of rotatable bonds is 6. The first-order valence-corrected chi connectivity index (χ1v) is 7.66. The number of nitrogens with one attached hydrogen (secondary N) is 2. The van der Waals surface area contributed by atoms with Crippen molar-refractivity contribution in [3.8, 4) is 0 Å². The van der Waals surface area contributed by atoms with Crippen LogP contribution in [-0.4, -0.2) is 35.3 Å². The molecule has 2 rings (SSSR count). The number of hydrogen-bond acceptors (Lipinski definition) is 4. The Morgan fingerprint density at radius 2 is 2.17 bits per heavy atom. The Hall–Kier alpha value is -2.41. The summed E-state index contributed by atoms with van der Waals surface area (Å²) in [6.07, 6.45) is 0.820. The van der Waals surface area contributed by atoms with Crippen molar-refractivity contribution in [1.29, 1.82) is 0 Å². The molecule has 0 aliphatic carbocycles. The molecule has 1 aromatic carbocycles. The SMILES string of the molecule is CCC(C)C(N)C(=O)Nc1cccc(CN2C(=O)CNC2=O)c1. The molecule has 0 aromatic heterocycles. The van der Waals surface area contributed by atoms with Crippen LogP contribution in [0.1, 0.15) is 25.8 Å². The van der Waals surface area contributed by atoms with Gasteiger partial charge < -0.3 is 16.4 Å². The normalized spacial score (nSPS) is 16.9. The van der Waals surface area contributed by atoms with Gasteiger partial charge in [0, 0.05) is 5.69 Å². The van der Waals surface area contributed by atoms with Crippen LogP contribution in [-0.2, 0) is 16.1 Å². The van der Waals surface area contributed by atoms with Crippen LogP contribution in [0.4, 0.5) is 10.5 Å². The smallest absolute Gasteiger partial charge is 0.324 e. The molecule has 0 radical (unpaired) electrons. The van der Waals surface area contributed by atoms with E-state index >= 15 is 0 Å². The van der Waals surface area contributed by atoms with E-state index < -0.39 is 12.1 Å². The molecule has 2 atom stereocenters. The maximum absolute atomic E-state index is 12.1. The molecule has 23 heavy (non-hydrogen) atoms. The van der Waals surface area contributed by atoms with Crippen molar-refractivity contribution < 1.29 is 14.4 Å². The van der Waals surface area contributed by atoms with Crippen LogP contribution in [0.15, 0.2) is 24.3 Å². The van der Waals surface area contributed by atoms with Crippen LogP contribution >= 0.6 is 0 Å². The number of carbonyl (C=O) groups is 3. The van der Waals surface area contributed by atoms with E-state index in [0.29, 0.717) is 5.69 Å². The van der Waals surface area contributed by atoms with Crippen LogP contribution in [0.2, 0.25) is 0 Å².